The number of benzene rings is 2. The smallest absolute Gasteiger partial charge is 0.254 e. The molecule has 2 aliphatic heterocycles. The Labute approximate surface area is 193 Å². The second-order valence-electron chi connectivity index (χ2n) is 8.42. The van der Waals surface area contributed by atoms with Gasteiger partial charge in [0, 0.05) is 43.7 Å². The lowest BCUT2D eigenvalue weighted by atomic mass is 10.0. The van der Waals surface area contributed by atoms with Crippen molar-refractivity contribution in [3.63, 3.8) is 0 Å². The molecular weight excluding hydrogens is 418 g/mol. The lowest BCUT2D eigenvalue weighted by molar-refractivity contribution is -0.0350. The molecule has 0 radical (unpaired) electrons. The van der Waals surface area contributed by atoms with E-state index in [-0.39, 0.29) is 12.0 Å². The second kappa shape index (κ2) is 9.87. The van der Waals surface area contributed by atoms with Crippen molar-refractivity contribution in [2.45, 2.75) is 12.6 Å². The molecule has 172 valence electrons. The van der Waals surface area contributed by atoms with Gasteiger partial charge >= 0.3 is 0 Å². The van der Waals surface area contributed by atoms with Crippen molar-refractivity contribution in [1.29, 1.82) is 0 Å². The summed E-state index contributed by atoms with van der Waals surface area (Å²) in [6.07, 6.45) is -0.200. The van der Waals surface area contributed by atoms with Crippen LogP contribution in [0.4, 0.5) is 0 Å². The lowest BCUT2D eigenvalue weighted by Crippen LogP contribution is -2.41. The van der Waals surface area contributed by atoms with Crippen molar-refractivity contribution in [1.82, 2.24) is 14.8 Å². The Kier molecular flexibility index (Phi) is 6.53. The van der Waals surface area contributed by atoms with Crippen molar-refractivity contribution in [2.75, 3.05) is 53.1 Å². The summed E-state index contributed by atoms with van der Waals surface area (Å²) < 4.78 is 17.1. The molecule has 2 saturated heterocycles. The zero-order valence-corrected chi connectivity index (χ0v) is 18.9. The minimum Gasteiger partial charge on any atom is -0.496 e. The molecule has 2 aliphatic rings. The van der Waals surface area contributed by atoms with Crippen LogP contribution in [0.3, 0.4) is 0 Å². The van der Waals surface area contributed by atoms with Crippen LogP contribution in [0.15, 0.2) is 54.6 Å². The highest BCUT2D eigenvalue weighted by molar-refractivity contribution is 6.06. The second-order valence-corrected chi connectivity index (χ2v) is 8.42. The number of morpholine rings is 2. The standard InChI is InChI=1S/C26H29N3O4/c1-31-24-9-5-2-6-19(24)17-28-10-15-33-25(18-28)23-16-21(20-7-3-4-8-22(20)27-23)26(30)29-11-13-32-14-12-29/h2-9,16,25H,10-15,17-18H2,1H3/t25-/m1/s1. The number of aromatic nitrogens is 1. The van der Waals surface area contributed by atoms with E-state index >= 15 is 0 Å². The fourth-order valence-electron chi connectivity index (χ4n) is 4.57. The van der Waals surface area contributed by atoms with Crippen LogP contribution >= 0.6 is 0 Å². The molecule has 1 atom stereocenters. The Bertz CT molecular complexity index is 1130. The number of hydrogen-bond acceptors (Lipinski definition) is 6. The van der Waals surface area contributed by atoms with Gasteiger partial charge in [0.1, 0.15) is 11.9 Å². The quantitative estimate of drug-likeness (QED) is 0.598. The topological polar surface area (TPSA) is 64.1 Å². The molecule has 0 unspecified atom stereocenters. The first kappa shape index (κ1) is 21.8. The first-order valence-electron chi connectivity index (χ1n) is 11.5. The maximum absolute atomic E-state index is 13.4. The summed E-state index contributed by atoms with van der Waals surface area (Å²) in [7, 11) is 1.70. The highest BCUT2D eigenvalue weighted by Gasteiger charge is 2.27. The number of rotatable bonds is 5. The van der Waals surface area contributed by atoms with Crippen molar-refractivity contribution in [2.24, 2.45) is 0 Å². The molecule has 2 aromatic carbocycles. The number of pyridine rings is 1. The molecule has 33 heavy (non-hydrogen) atoms. The van der Waals surface area contributed by atoms with E-state index in [9.17, 15) is 4.79 Å². The largest absolute Gasteiger partial charge is 0.496 e. The highest BCUT2D eigenvalue weighted by atomic mass is 16.5. The molecule has 0 aliphatic carbocycles. The molecule has 7 nitrogen and oxygen atoms in total. The Morgan fingerprint density at radius 2 is 1.85 bits per heavy atom. The van der Waals surface area contributed by atoms with Crippen molar-refractivity contribution in [3.05, 3.63) is 71.4 Å². The molecule has 0 bridgehead atoms. The van der Waals surface area contributed by atoms with Crippen molar-refractivity contribution >= 4 is 16.8 Å². The maximum atomic E-state index is 13.4. The van der Waals surface area contributed by atoms with Crippen LogP contribution < -0.4 is 4.74 Å². The van der Waals surface area contributed by atoms with Crippen molar-refractivity contribution < 1.29 is 19.0 Å². The number of amides is 1. The Morgan fingerprint density at radius 1 is 1.06 bits per heavy atom. The van der Waals surface area contributed by atoms with Gasteiger partial charge in [-0.05, 0) is 18.2 Å². The van der Waals surface area contributed by atoms with Gasteiger partial charge in [-0.15, -0.1) is 0 Å². The number of methoxy groups -OCH3 is 1. The third kappa shape index (κ3) is 4.71. The monoisotopic (exact) mass is 447 g/mol. The van der Waals surface area contributed by atoms with Gasteiger partial charge in [-0.3, -0.25) is 9.69 Å². The van der Waals surface area contributed by atoms with Gasteiger partial charge in [-0.25, -0.2) is 4.98 Å². The predicted molar refractivity (Wildman–Crippen MR) is 125 cm³/mol. The Morgan fingerprint density at radius 3 is 2.70 bits per heavy atom. The number of hydrogen-bond donors (Lipinski definition) is 0. The molecule has 3 aromatic rings. The summed E-state index contributed by atoms with van der Waals surface area (Å²) in [5.41, 5.74) is 3.45. The van der Waals surface area contributed by atoms with E-state index in [1.807, 2.05) is 53.4 Å². The summed E-state index contributed by atoms with van der Waals surface area (Å²) in [5.74, 6) is 0.919. The van der Waals surface area contributed by atoms with E-state index in [4.69, 9.17) is 19.2 Å². The average molecular weight is 448 g/mol. The fraction of sp³-hybridized carbons (Fsp3) is 0.385. The van der Waals surface area contributed by atoms with Gasteiger partial charge in [0.05, 0.1) is 43.7 Å². The van der Waals surface area contributed by atoms with Crippen LogP contribution in [-0.2, 0) is 16.0 Å². The van der Waals surface area contributed by atoms with Crippen LogP contribution in [0.5, 0.6) is 5.75 Å². The average Bonchev–Trinajstić information content (AvgIpc) is 2.88. The summed E-state index contributed by atoms with van der Waals surface area (Å²) in [4.78, 5) is 22.5. The number of carbonyl (C=O) groups is 1. The molecule has 5 rings (SSSR count). The van der Waals surface area contributed by atoms with E-state index in [2.05, 4.69) is 11.0 Å². The molecule has 0 saturated carbocycles. The zero-order chi connectivity index (χ0) is 22.6. The summed E-state index contributed by atoms with van der Waals surface area (Å²) in [6.45, 7) is 5.29. The summed E-state index contributed by atoms with van der Waals surface area (Å²) >= 11 is 0. The first-order valence-corrected chi connectivity index (χ1v) is 11.5. The molecular formula is C26H29N3O4. The lowest BCUT2D eigenvalue weighted by Gasteiger charge is -2.33. The minimum absolute atomic E-state index is 0.0276. The SMILES string of the molecule is COc1ccccc1CN1CCO[C@@H](c2cc(C(=O)N3CCOCC3)c3ccccc3n2)C1. The van der Waals surface area contributed by atoms with E-state index in [0.717, 1.165) is 41.0 Å². The molecule has 7 heteroatoms. The number of carbonyl (C=O) groups excluding carboxylic acids is 1. The van der Waals surface area contributed by atoms with Gasteiger partial charge in [-0.1, -0.05) is 36.4 Å². The molecule has 0 N–H and O–H groups in total. The third-order valence-electron chi connectivity index (χ3n) is 6.33. The summed E-state index contributed by atoms with van der Waals surface area (Å²) in [5, 5.41) is 0.874. The van der Waals surface area contributed by atoms with E-state index < -0.39 is 0 Å². The molecule has 1 aromatic heterocycles. The zero-order valence-electron chi connectivity index (χ0n) is 18.9. The van der Waals surface area contributed by atoms with Crippen LogP contribution in [0.25, 0.3) is 10.9 Å². The van der Waals surface area contributed by atoms with E-state index in [0.29, 0.717) is 45.0 Å². The van der Waals surface area contributed by atoms with Crippen LogP contribution in [-0.4, -0.2) is 73.8 Å². The van der Waals surface area contributed by atoms with Gasteiger partial charge < -0.3 is 19.1 Å². The van der Waals surface area contributed by atoms with Gasteiger partial charge in [0.25, 0.3) is 5.91 Å². The van der Waals surface area contributed by atoms with Crippen LogP contribution in [0, 0.1) is 0 Å². The number of ether oxygens (including phenoxy) is 3. The van der Waals surface area contributed by atoms with Gasteiger partial charge in [0.15, 0.2) is 0 Å². The molecule has 1 amide bonds. The van der Waals surface area contributed by atoms with Gasteiger partial charge in [0.2, 0.25) is 0 Å². The van der Waals surface area contributed by atoms with Crippen molar-refractivity contribution in [3.8, 4) is 5.75 Å². The number of para-hydroxylation sites is 2. The molecule has 0 spiro atoms. The fourth-order valence-corrected chi connectivity index (χ4v) is 4.57. The van der Waals surface area contributed by atoms with Crippen LogP contribution in [0.1, 0.15) is 27.7 Å². The highest BCUT2D eigenvalue weighted by Crippen LogP contribution is 2.28. The minimum atomic E-state index is -0.200. The Balaban J connectivity index is 1.42. The predicted octanol–water partition coefficient (Wildman–Crippen LogP) is 3.29. The maximum Gasteiger partial charge on any atom is 0.254 e. The van der Waals surface area contributed by atoms with Gasteiger partial charge in [-0.2, -0.15) is 0 Å². The number of fused-ring (bicyclic) bond motifs is 1. The Hall–Kier alpha value is -3.00. The number of nitrogens with zero attached hydrogens (tertiary/aromatic N) is 3. The summed E-state index contributed by atoms with van der Waals surface area (Å²) in [6, 6.07) is 17.9. The van der Waals surface area contributed by atoms with E-state index in [1.165, 1.54) is 0 Å². The molecule has 2 fully saturated rings. The van der Waals surface area contributed by atoms with E-state index in [1.54, 1.807) is 7.11 Å². The first-order chi connectivity index (χ1) is 16.2. The third-order valence-corrected chi connectivity index (χ3v) is 6.33. The van der Waals surface area contributed by atoms with Crippen LogP contribution in [0.2, 0.25) is 0 Å². The molecule has 3 heterocycles. The normalized spacial score (nSPS) is 19.5.